The summed E-state index contributed by atoms with van der Waals surface area (Å²) in [6.45, 7) is 0.690. The van der Waals surface area contributed by atoms with Gasteiger partial charge in [0, 0.05) is 17.5 Å². The summed E-state index contributed by atoms with van der Waals surface area (Å²) < 4.78 is 0. The second-order valence-electron chi connectivity index (χ2n) is 4.89. The normalized spacial score (nSPS) is 22.9. The number of aromatic hydroxyl groups is 1. The van der Waals surface area contributed by atoms with Crippen LogP contribution in [-0.2, 0) is 11.2 Å². The van der Waals surface area contributed by atoms with Crippen LogP contribution < -0.4 is 5.32 Å². The van der Waals surface area contributed by atoms with Gasteiger partial charge in [0.25, 0.3) is 0 Å². The second kappa shape index (κ2) is 6.10. The molecule has 98 valence electrons. The van der Waals surface area contributed by atoms with Gasteiger partial charge >= 0.3 is 0 Å². The van der Waals surface area contributed by atoms with Crippen LogP contribution in [0, 0.1) is 5.92 Å². The van der Waals surface area contributed by atoms with E-state index in [-0.39, 0.29) is 23.5 Å². The Morgan fingerprint density at radius 1 is 1.39 bits per heavy atom. The van der Waals surface area contributed by atoms with Crippen LogP contribution in [0.15, 0.2) is 24.3 Å². The zero-order chi connectivity index (χ0) is 13.0. The fourth-order valence-corrected chi connectivity index (χ4v) is 2.73. The summed E-state index contributed by atoms with van der Waals surface area (Å²) in [6.07, 6.45) is 3.34. The summed E-state index contributed by atoms with van der Waals surface area (Å²) in [6, 6.07) is 6.92. The first kappa shape index (κ1) is 13.2. The van der Waals surface area contributed by atoms with Crippen LogP contribution >= 0.6 is 11.6 Å². The highest BCUT2D eigenvalue weighted by Crippen LogP contribution is 2.28. The number of phenols is 1. The molecule has 1 aromatic rings. The Kier molecular flexibility index (Phi) is 4.48. The van der Waals surface area contributed by atoms with Gasteiger partial charge in [-0.3, -0.25) is 4.79 Å². The molecule has 2 atom stereocenters. The van der Waals surface area contributed by atoms with Gasteiger partial charge in [0.15, 0.2) is 0 Å². The van der Waals surface area contributed by atoms with E-state index >= 15 is 0 Å². The molecule has 0 aromatic heterocycles. The van der Waals surface area contributed by atoms with Gasteiger partial charge in [-0.2, -0.15) is 0 Å². The van der Waals surface area contributed by atoms with E-state index in [4.69, 9.17) is 11.6 Å². The Morgan fingerprint density at radius 2 is 2.17 bits per heavy atom. The molecule has 1 amide bonds. The number of nitrogens with one attached hydrogen (secondary N) is 1. The van der Waals surface area contributed by atoms with Crippen molar-refractivity contribution in [1.29, 1.82) is 0 Å². The first-order valence-corrected chi connectivity index (χ1v) is 6.76. The van der Waals surface area contributed by atoms with Gasteiger partial charge in [-0.05, 0) is 31.2 Å². The van der Waals surface area contributed by atoms with Crippen LogP contribution in [0.1, 0.15) is 24.8 Å². The maximum absolute atomic E-state index is 11.7. The first-order valence-electron chi connectivity index (χ1n) is 6.33. The third-order valence-corrected chi connectivity index (χ3v) is 3.80. The van der Waals surface area contributed by atoms with Gasteiger partial charge < -0.3 is 10.4 Å². The lowest BCUT2D eigenvalue weighted by molar-refractivity contribution is -0.120. The molecule has 0 radical (unpaired) electrons. The van der Waals surface area contributed by atoms with E-state index in [9.17, 15) is 9.90 Å². The molecule has 0 aliphatic heterocycles. The molecule has 0 saturated heterocycles. The molecule has 18 heavy (non-hydrogen) atoms. The molecule has 2 rings (SSSR count). The monoisotopic (exact) mass is 267 g/mol. The molecule has 2 N–H and O–H groups in total. The van der Waals surface area contributed by atoms with Crippen LogP contribution in [-0.4, -0.2) is 22.9 Å². The van der Waals surface area contributed by atoms with Crippen LogP contribution in [0.2, 0.25) is 0 Å². The molecule has 0 bridgehead atoms. The van der Waals surface area contributed by atoms with E-state index in [2.05, 4.69) is 5.32 Å². The Balaban J connectivity index is 1.77. The van der Waals surface area contributed by atoms with Gasteiger partial charge in [0.2, 0.25) is 5.91 Å². The molecule has 1 aliphatic rings. The second-order valence-corrected chi connectivity index (χ2v) is 5.50. The summed E-state index contributed by atoms with van der Waals surface area (Å²) in [5, 5.41) is 12.8. The van der Waals surface area contributed by atoms with E-state index in [0.717, 1.165) is 19.3 Å². The summed E-state index contributed by atoms with van der Waals surface area (Å²) in [5.41, 5.74) is 0.664. The van der Waals surface area contributed by atoms with Gasteiger partial charge in [0.05, 0.1) is 6.42 Å². The van der Waals surface area contributed by atoms with E-state index in [1.165, 1.54) is 0 Å². The van der Waals surface area contributed by atoms with Crippen molar-refractivity contribution in [2.24, 2.45) is 5.92 Å². The van der Waals surface area contributed by atoms with Crippen molar-refractivity contribution >= 4 is 17.5 Å². The SMILES string of the molecule is O=C(Cc1ccccc1O)NCC1CCC(Cl)C1. The highest BCUT2D eigenvalue weighted by Gasteiger charge is 2.23. The van der Waals surface area contributed by atoms with Gasteiger partial charge in [-0.1, -0.05) is 18.2 Å². The highest BCUT2D eigenvalue weighted by atomic mass is 35.5. The lowest BCUT2D eigenvalue weighted by Crippen LogP contribution is -2.29. The fraction of sp³-hybridized carbons (Fsp3) is 0.500. The van der Waals surface area contributed by atoms with E-state index in [1.807, 2.05) is 6.07 Å². The van der Waals surface area contributed by atoms with E-state index < -0.39 is 0 Å². The minimum Gasteiger partial charge on any atom is -0.508 e. The quantitative estimate of drug-likeness (QED) is 0.824. The fourth-order valence-electron chi connectivity index (χ4n) is 2.35. The van der Waals surface area contributed by atoms with Crippen molar-refractivity contribution in [1.82, 2.24) is 5.32 Å². The standard InChI is InChI=1S/C14H18ClNO2/c15-12-6-5-10(7-12)9-16-14(18)8-11-3-1-2-4-13(11)17/h1-4,10,12,17H,5-9H2,(H,16,18). The van der Waals surface area contributed by atoms with Crippen LogP contribution in [0.5, 0.6) is 5.75 Å². The molecule has 1 saturated carbocycles. The van der Waals surface area contributed by atoms with E-state index in [0.29, 0.717) is 18.0 Å². The average Bonchev–Trinajstić information content (AvgIpc) is 2.76. The predicted octanol–water partition coefficient (Wildman–Crippen LogP) is 2.46. The number of alkyl halides is 1. The topological polar surface area (TPSA) is 49.3 Å². The Labute approximate surface area is 112 Å². The molecular weight excluding hydrogens is 250 g/mol. The first-order chi connectivity index (χ1) is 8.65. The van der Waals surface area contributed by atoms with Crippen molar-refractivity contribution in [2.75, 3.05) is 6.54 Å². The maximum atomic E-state index is 11.7. The zero-order valence-corrected chi connectivity index (χ0v) is 11.0. The number of rotatable bonds is 4. The van der Waals surface area contributed by atoms with Crippen LogP contribution in [0.4, 0.5) is 0 Å². The number of amides is 1. The third kappa shape index (κ3) is 3.64. The molecule has 1 fully saturated rings. The Hall–Kier alpha value is -1.22. The van der Waals surface area contributed by atoms with Crippen molar-refractivity contribution in [3.63, 3.8) is 0 Å². The lowest BCUT2D eigenvalue weighted by atomic mass is 10.1. The number of para-hydroxylation sites is 1. The molecule has 3 nitrogen and oxygen atoms in total. The van der Waals surface area contributed by atoms with Gasteiger partial charge in [-0.15, -0.1) is 11.6 Å². The minimum absolute atomic E-state index is 0.0467. The minimum atomic E-state index is -0.0467. The number of phenolic OH excluding ortho intramolecular Hbond substituents is 1. The Morgan fingerprint density at radius 3 is 2.83 bits per heavy atom. The average molecular weight is 268 g/mol. The molecule has 2 unspecified atom stereocenters. The summed E-state index contributed by atoms with van der Waals surface area (Å²) >= 11 is 6.03. The molecule has 0 spiro atoms. The van der Waals surface area contributed by atoms with Gasteiger partial charge in [0.1, 0.15) is 5.75 Å². The number of hydrogen-bond donors (Lipinski definition) is 2. The molecule has 1 aromatic carbocycles. The van der Waals surface area contributed by atoms with Crippen LogP contribution in [0.3, 0.4) is 0 Å². The predicted molar refractivity (Wildman–Crippen MR) is 71.8 cm³/mol. The lowest BCUT2D eigenvalue weighted by Gasteiger charge is -2.11. The maximum Gasteiger partial charge on any atom is 0.224 e. The smallest absolute Gasteiger partial charge is 0.224 e. The van der Waals surface area contributed by atoms with Crippen LogP contribution in [0.25, 0.3) is 0 Å². The number of carbonyl (C=O) groups excluding carboxylic acids is 1. The number of carbonyl (C=O) groups is 1. The van der Waals surface area contributed by atoms with E-state index in [1.54, 1.807) is 18.2 Å². The Bertz CT molecular complexity index is 422. The molecular formula is C14H18ClNO2. The number of benzene rings is 1. The summed E-state index contributed by atoms with van der Waals surface area (Å²) in [5.74, 6) is 0.629. The van der Waals surface area contributed by atoms with Crippen molar-refractivity contribution in [3.8, 4) is 5.75 Å². The van der Waals surface area contributed by atoms with Gasteiger partial charge in [-0.25, -0.2) is 0 Å². The van der Waals surface area contributed by atoms with Crippen molar-refractivity contribution in [3.05, 3.63) is 29.8 Å². The van der Waals surface area contributed by atoms with Crippen molar-refractivity contribution in [2.45, 2.75) is 31.1 Å². The molecule has 1 aliphatic carbocycles. The number of halogens is 1. The largest absolute Gasteiger partial charge is 0.508 e. The summed E-state index contributed by atoms with van der Waals surface area (Å²) in [7, 11) is 0. The number of hydrogen-bond acceptors (Lipinski definition) is 2. The zero-order valence-electron chi connectivity index (χ0n) is 10.2. The molecule has 4 heteroatoms. The third-order valence-electron chi connectivity index (χ3n) is 3.41. The van der Waals surface area contributed by atoms with Crippen molar-refractivity contribution < 1.29 is 9.90 Å². The summed E-state index contributed by atoms with van der Waals surface area (Å²) in [4.78, 5) is 11.7. The highest BCUT2D eigenvalue weighted by molar-refractivity contribution is 6.20. The molecule has 0 heterocycles.